The quantitative estimate of drug-likeness (QED) is 0.545. The molecular weight excluding hydrogens is 442 g/mol. The van der Waals surface area contributed by atoms with Gasteiger partial charge in [0.1, 0.15) is 0 Å². The number of carbonyl (C=O) groups excluding carboxylic acids is 1. The van der Waals surface area contributed by atoms with Crippen molar-refractivity contribution in [2.24, 2.45) is 0 Å². The number of hydrogen-bond donors (Lipinski definition) is 2. The van der Waals surface area contributed by atoms with Crippen molar-refractivity contribution in [2.45, 2.75) is 30.1 Å². The van der Waals surface area contributed by atoms with Gasteiger partial charge >= 0.3 is 0 Å². The maximum atomic E-state index is 12.6. The van der Waals surface area contributed by atoms with Gasteiger partial charge in [0, 0.05) is 25.3 Å². The summed E-state index contributed by atoms with van der Waals surface area (Å²) in [6, 6.07) is 8.88. The largest absolute Gasteiger partial charge is 0.438 e. The van der Waals surface area contributed by atoms with Gasteiger partial charge in [0.15, 0.2) is 5.76 Å². The first-order chi connectivity index (χ1) is 14.7. The highest BCUT2D eigenvalue weighted by molar-refractivity contribution is 7.89. The van der Waals surface area contributed by atoms with E-state index in [-0.39, 0.29) is 23.2 Å². The average Bonchev–Trinajstić information content (AvgIpc) is 3.26. The topological polar surface area (TPSA) is 126 Å². The third-order valence-corrected chi connectivity index (χ3v) is 7.82. The van der Waals surface area contributed by atoms with Crippen LogP contribution in [0.1, 0.15) is 35.4 Å². The Morgan fingerprint density at radius 2 is 1.71 bits per heavy atom. The van der Waals surface area contributed by atoms with Crippen LogP contribution in [-0.4, -0.2) is 46.7 Å². The summed E-state index contributed by atoms with van der Waals surface area (Å²) in [6.07, 6.45) is 4.05. The van der Waals surface area contributed by atoms with Crippen LogP contribution in [-0.2, 0) is 25.8 Å². The van der Waals surface area contributed by atoms with Crippen molar-refractivity contribution >= 4 is 31.6 Å². The first-order valence-electron chi connectivity index (χ1n) is 9.80. The van der Waals surface area contributed by atoms with E-state index in [1.807, 2.05) is 0 Å². The predicted molar refractivity (Wildman–Crippen MR) is 117 cm³/mol. The van der Waals surface area contributed by atoms with E-state index in [1.54, 1.807) is 24.3 Å². The Balaban J connectivity index is 1.64. The fourth-order valence-electron chi connectivity index (χ4n) is 3.15. The Hall–Kier alpha value is -2.47. The number of piperidine rings is 1. The summed E-state index contributed by atoms with van der Waals surface area (Å²) in [5, 5.41) is 2.35. The summed E-state index contributed by atoms with van der Waals surface area (Å²) >= 11 is 0. The molecule has 11 heteroatoms. The average molecular weight is 468 g/mol. The van der Waals surface area contributed by atoms with Crippen molar-refractivity contribution in [3.63, 3.8) is 0 Å². The highest BCUT2D eigenvalue weighted by Crippen LogP contribution is 2.23. The fourth-order valence-corrected chi connectivity index (χ4v) is 5.68. The molecule has 2 heterocycles. The molecule has 2 aromatic rings. The van der Waals surface area contributed by atoms with Crippen LogP contribution in [0.15, 0.2) is 58.6 Å². The monoisotopic (exact) mass is 467 g/mol. The van der Waals surface area contributed by atoms with Crippen molar-refractivity contribution in [1.29, 1.82) is 0 Å². The molecule has 0 unspecified atom stereocenters. The standard InChI is InChI=1S/C20H25N3O6S2/c1-2-12-21-30(25,26)15-16-6-8-17(9-7-16)22-20(24)18-10-11-19(29-18)31(27,28)23-13-4-3-5-14-23/h2,6-11,21H,1,3-5,12-15H2,(H,22,24). The fraction of sp³-hybridized carbons (Fsp3) is 0.350. The molecule has 0 saturated carbocycles. The molecule has 9 nitrogen and oxygen atoms in total. The van der Waals surface area contributed by atoms with Crippen molar-refractivity contribution < 1.29 is 26.0 Å². The first-order valence-corrected chi connectivity index (χ1v) is 12.9. The molecule has 1 amide bonds. The normalized spacial score (nSPS) is 15.5. The van der Waals surface area contributed by atoms with E-state index < -0.39 is 26.0 Å². The van der Waals surface area contributed by atoms with Gasteiger partial charge in [-0.3, -0.25) is 4.79 Å². The van der Waals surface area contributed by atoms with E-state index in [9.17, 15) is 21.6 Å². The van der Waals surface area contributed by atoms with Gasteiger partial charge in [-0.25, -0.2) is 21.6 Å². The van der Waals surface area contributed by atoms with Gasteiger partial charge in [0.05, 0.1) is 5.75 Å². The van der Waals surface area contributed by atoms with Crippen LogP contribution in [0.3, 0.4) is 0 Å². The summed E-state index contributed by atoms with van der Waals surface area (Å²) in [5.74, 6) is -0.936. The smallest absolute Gasteiger partial charge is 0.291 e. The van der Waals surface area contributed by atoms with E-state index in [0.29, 0.717) is 24.3 Å². The van der Waals surface area contributed by atoms with E-state index in [4.69, 9.17) is 4.42 Å². The summed E-state index contributed by atoms with van der Waals surface area (Å²) in [7, 11) is -7.24. The number of carbonyl (C=O) groups is 1. The minimum atomic E-state index is -3.76. The lowest BCUT2D eigenvalue weighted by Crippen LogP contribution is -2.35. The van der Waals surface area contributed by atoms with Gasteiger partial charge in [-0.2, -0.15) is 4.31 Å². The van der Waals surface area contributed by atoms with Crippen molar-refractivity contribution in [2.75, 3.05) is 25.0 Å². The molecule has 0 atom stereocenters. The summed E-state index contributed by atoms with van der Waals surface area (Å²) in [4.78, 5) is 12.4. The van der Waals surface area contributed by atoms with Gasteiger partial charge in [-0.15, -0.1) is 6.58 Å². The Morgan fingerprint density at radius 3 is 2.35 bits per heavy atom. The Labute approximate surface area is 182 Å². The number of amides is 1. The van der Waals surface area contributed by atoms with Crippen LogP contribution >= 0.6 is 0 Å². The number of benzene rings is 1. The van der Waals surface area contributed by atoms with Crippen molar-refractivity contribution in [1.82, 2.24) is 9.03 Å². The van der Waals surface area contributed by atoms with E-state index in [2.05, 4.69) is 16.6 Å². The number of nitrogens with zero attached hydrogens (tertiary/aromatic N) is 1. The zero-order valence-electron chi connectivity index (χ0n) is 16.9. The Morgan fingerprint density at radius 1 is 1.03 bits per heavy atom. The lowest BCUT2D eigenvalue weighted by molar-refractivity contribution is 0.0991. The predicted octanol–water partition coefficient (Wildman–Crippen LogP) is 2.31. The minimum absolute atomic E-state index is 0.129. The maximum absolute atomic E-state index is 12.6. The van der Waals surface area contributed by atoms with Crippen molar-refractivity contribution in [3.8, 4) is 0 Å². The molecule has 31 heavy (non-hydrogen) atoms. The molecular formula is C20H25N3O6S2. The van der Waals surface area contributed by atoms with E-state index in [1.165, 1.54) is 22.5 Å². The summed E-state index contributed by atoms with van der Waals surface area (Å²) in [6.45, 7) is 4.49. The molecule has 0 radical (unpaired) electrons. The van der Waals surface area contributed by atoms with Crippen LogP contribution in [0, 0.1) is 0 Å². The van der Waals surface area contributed by atoms with Gasteiger partial charge in [0.2, 0.25) is 15.1 Å². The molecule has 1 aliphatic heterocycles. The number of nitrogens with one attached hydrogen (secondary N) is 2. The number of rotatable bonds is 9. The molecule has 0 aliphatic carbocycles. The zero-order valence-corrected chi connectivity index (χ0v) is 18.5. The molecule has 2 N–H and O–H groups in total. The second-order valence-corrected chi connectivity index (χ2v) is 10.8. The van der Waals surface area contributed by atoms with E-state index >= 15 is 0 Å². The maximum Gasteiger partial charge on any atom is 0.291 e. The molecule has 1 aromatic carbocycles. The molecule has 1 fully saturated rings. The second kappa shape index (κ2) is 9.77. The number of anilines is 1. The minimum Gasteiger partial charge on any atom is -0.438 e. The first kappa shape index (κ1) is 23.2. The van der Waals surface area contributed by atoms with Crippen LogP contribution in [0.5, 0.6) is 0 Å². The molecule has 1 aromatic heterocycles. The molecule has 1 saturated heterocycles. The van der Waals surface area contributed by atoms with Gasteiger partial charge < -0.3 is 9.73 Å². The summed E-state index contributed by atoms with van der Waals surface area (Å²) in [5.41, 5.74) is 0.963. The lowest BCUT2D eigenvalue weighted by Gasteiger charge is -2.24. The third-order valence-electron chi connectivity index (χ3n) is 4.73. The molecule has 0 spiro atoms. The molecule has 168 valence electrons. The van der Waals surface area contributed by atoms with Crippen LogP contribution < -0.4 is 10.0 Å². The van der Waals surface area contributed by atoms with Gasteiger partial charge in [-0.05, 0) is 42.7 Å². The number of hydrogen-bond acceptors (Lipinski definition) is 6. The lowest BCUT2D eigenvalue weighted by atomic mass is 10.2. The molecule has 0 bridgehead atoms. The Kier molecular flexibility index (Phi) is 7.31. The molecule has 3 rings (SSSR count). The second-order valence-electron chi connectivity index (χ2n) is 7.13. The van der Waals surface area contributed by atoms with Gasteiger partial charge in [-0.1, -0.05) is 24.6 Å². The zero-order chi connectivity index (χ0) is 22.5. The van der Waals surface area contributed by atoms with Crippen molar-refractivity contribution in [3.05, 3.63) is 60.4 Å². The molecule has 1 aliphatic rings. The SMILES string of the molecule is C=CCNS(=O)(=O)Cc1ccc(NC(=O)c2ccc(S(=O)(=O)N3CCCCC3)o2)cc1. The van der Waals surface area contributed by atoms with E-state index in [0.717, 1.165) is 19.3 Å². The number of furan rings is 1. The van der Waals surface area contributed by atoms with Crippen LogP contribution in [0.25, 0.3) is 0 Å². The third kappa shape index (κ3) is 6.03. The van der Waals surface area contributed by atoms with Crippen LogP contribution in [0.4, 0.5) is 5.69 Å². The highest BCUT2D eigenvalue weighted by Gasteiger charge is 2.29. The highest BCUT2D eigenvalue weighted by atomic mass is 32.2. The van der Waals surface area contributed by atoms with Crippen LogP contribution in [0.2, 0.25) is 0 Å². The van der Waals surface area contributed by atoms with Gasteiger partial charge in [0.25, 0.3) is 15.9 Å². The number of sulfonamides is 2. The summed E-state index contributed by atoms with van der Waals surface area (Å²) < 4.78 is 58.2. The Bertz CT molecular complexity index is 1130.